The molecule has 5 nitrogen and oxygen atoms in total. The topological polar surface area (TPSA) is 61.4 Å². The maximum atomic E-state index is 12.4. The lowest BCUT2D eigenvalue weighted by Gasteiger charge is -2.34. The third-order valence-corrected chi connectivity index (χ3v) is 5.57. The Morgan fingerprint density at radius 2 is 1.54 bits per heavy atom. The van der Waals surface area contributed by atoms with Crippen LogP contribution in [0.15, 0.2) is 24.3 Å². The van der Waals surface area contributed by atoms with Crippen molar-refractivity contribution in [3.63, 3.8) is 0 Å². The molecule has 2 fully saturated rings. The van der Waals surface area contributed by atoms with E-state index in [0.29, 0.717) is 25.6 Å². The van der Waals surface area contributed by atoms with Crippen molar-refractivity contribution >= 4 is 11.9 Å². The Hall–Kier alpha value is -2.04. The van der Waals surface area contributed by atoms with Crippen LogP contribution < -0.4 is 10.6 Å². The van der Waals surface area contributed by atoms with E-state index >= 15 is 0 Å². The number of rotatable bonds is 4. The number of hydrogen-bond acceptors (Lipinski definition) is 2. The van der Waals surface area contributed by atoms with Crippen LogP contribution in [0.3, 0.4) is 0 Å². The molecule has 26 heavy (non-hydrogen) atoms. The lowest BCUT2D eigenvalue weighted by atomic mass is 9.95. The summed E-state index contributed by atoms with van der Waals surface area (Å²) in [5.74, 6) is 0.0685. The molecule has 1 aliphatic heterocycles. The lowest BCUT2D eigenvalue weighted by molar-refractivity contribution is -0.121. The van der Waals surface area contributed by atoms with E-state index in [9.17, 15) is 9.59 Å². The van der Waals surface area contributed by atoms with Gasteiger partial charge >= 0.3 is 6.03 Å². The van der Waals surface area contributed by atoms with Gasteiger partial charge in [0.15, 0.2) is 0 Å². The number of urea groups is 1. The summed E-state index contributed by atoms with van der Waals surface area (Å²) in [5, 5.41) is 6.31. The number of nitrogens with zero attached hydrogens (tertiary/aromatic N) is 1. The Morgan fingerprint density at radius 3 is 2.19 bits per heavy atom. The van der Waals surface area contributed by atoms with E-state index in [4.69, 9.17) is 0 Å². The van der Waals surface area contributed by atoms with Crippen LogP contribution in [-0.4, -0.2) is 42.0 Å². The van der Waals surface area contributed by atoms with Gasteiger partial charge in [0.25, 0.3) is 0 Å². The molecule has 0 bridgehead atoms. The van der Waals surface area contributed by atoms with Crippen molar-refractivity contribution < 1.29 is 9.59 Å². The fraction of sp³-hybridized carbons (Fsp3) is 0.619. The standard InChI is InChI=1S/C21H31N3O2/c1-16-7-9-17(10-8-16)15-20(25)22-19-11-13-24(14-12-19)21(26)23-18-5-3-2-4-6-18/h7-10,18-19H,2-6,11-15H2,1H3,(H,22,25)(H,23,26). The smallest absolute Gasteiger partial charge is 0.317 e. The minimum atomic E-state index is 0.0685. The molecule has 0 radical (unpaired) electrons. The predicted molar refractivity (Wildman–Crippen MR) is 103 cm³/mol. The van der Waals surface area contributed by atoms with Gasteiger partial charge in [-0.2, -0.15) is 0 Å². The third-order valence-electron chi connectivity index (χ3n) is 5.57. The molecule has 2 N–H and O–H groups in total. The molecule has 3 amide bonds. The van der Waals surface area contributed by atoms with E-state index in [1.807, 2.05) is 36.1 Å². The monoisotopic (exact) mass is 357 g/mol. The van der Waals surface area contributed by atoms with Gasteiger partial charge in [0, 0.05) is 25.2 Å². The zero-order valence-corrected chi connectivity index (χ0v) is 15.8. The predicted octanol–water partition coefficient (Wildman–Crippen LogP) is 3.16. The van der Waals surface area contributed by atoms with Crippen LogP contribution in [0.5, 0.6) is 0 Å². The van der Waals surface area contributed by atoms with E-state index in [0.717, 1.165) is 31.2 Å². The first-order valence-electron chi connectivity index (χ1n) is 10.0. The number of piperidine rings is 1. The maximum absolute atomic E-state index is 12.4. The van der Waals surface area contributed by atoms with Gasteiger partial charge in [-0.3, -0.25) is 4.79 Å². The summed E-state index contributed by atoms with van der Waals surface area (Å²) in [7, 11) is 0. The van der Waals surface area contributed by atoms with Crippen molar-refractivity contribution in [3.8, 4) is 0 Å². The maximum Gasteiger partial charge on any atom is 0.317 e. The molecule has 0 aromatic heterocycles. The SMILES string of the molecule is Cc1ccc(CC(=O)NC2CCN(C(=O)NC3CCCCC3)CC2)cc1. The van der Waals surface area contributed by atoms with Crippen molar-refractivity contribution in [3.05, 3.63) is 35.4 Å². The molecule has 5 heteroatoms. The Labute approximate surface area is 156 Å². The van der Waals surface area contributed by atoms with Crippen molar-refractivity contribution in [2.45, 2.75) is 70.4 Å². The number of benzene rings is 1. The van der Waals surface area contributed by atoms with Crippen molar-refractivity contribution in [1.82, 2.24) is 15.5 Å². The summed E-state index contributed by atoms with van der Waals surface area (Å²) in [4.78, 5) is 26.5. The quantitative estimate of drug-likeness (QED) is 0.869. The average Bonchev–Trinajstić information content (AvgIpc) is 2.65. The van der Waals surface area contributed by atoms with Crippen LogP contribution in [0.1, 0.15) is 56.1 Å². The summed E-state index contributed by atoms with van der Waals surface area (Å²) in [5.41, 5.74) is 2.24. The summed E-state index contributed by atoms with van der Waals surface area (Å²) >= 11 is 0. The van der Waals surface area contributed by atoms with Gasteiger partial charge in [0.05, 0.1) is 6.42 Å². The lowest BCUT2D eigenvalue weighted by Crippen LogP contribution is -2.51. The van der Waals surface area contributed by atoms with Gasteiger partial charge in [0.1, 0.15) is 0 Å². The van der Waals surface area contributed by atoms with Crippen LogP contribution in [0, 0.1) is 6.92 Å². The minimum absolute atomic E-state index is 0.0685. The summed E-state index contributed by atoms with van der Waals surface area (Å²) < 4.78 is 0. The average molecular weight is 357 g/mol. The van der Waals surface area contributed by atoms with Gasteiger partial charge in [-0.15, -0.1) is 0 Å². The van der Waals surface area contributed by atoms with Crippen LogP contribution in [0.2, 0.25) is 0 Å². The minimum Gasteiger partial charge on any atom is -0.353 e. The first-order valence-corrected chi connectivity index (χ1v) is 10.0. The summed E-state index contributed by atoms with van der Waals surface area (Å²) in [6.07, 6.45) is 8.03. The second-order valence-corrected chi connectivity index (χ2v) is 7.78. The van der Waals surface area contributed by atoms with Crippen molar-refractivity contribution in [1.29, 1.82) is 0 Å². The molecule has 0 unspecified atom stereocenters. The highest BCUT2D eigenvalue weighted by Gasteiger charge is 2.25. The number of nitrogens with one attached hydrogen (secondary N) is 2. The molecule has 2 aliphatic rings. The molecular weight excluding hydrogens is 326 g/mol. The molecule has 1 saturated heterocycles. The van der Waals surface area contributed by atoms with E-state index in [1.165, 1.54) is 24.8 Å². The van der Waals surface area contributed by atoms with Crippen molar-refractivity contribution in [2.24, 2.45) is 0 Å². The molecule has 1 aromatic carbocycles. The summed E-state index contributed by atoms with van der Waals surface area (Å²) in [6.45, 7) is 3.48. The van der Waals surface area contributed by atoms with E-state index in [2.05, 4.69) is 10.6 Å². The molecule has 1 aromatic rings. The molecular formula is C21H31N3O2. The largest absolute Gasteiger partial charge is 0.353 e. The molecule has 1 aliphatic carbocycles. The zero-order valence-electron chi connectivity index (χ0n) is 15.8. The molecule has 0 spiro atoms. The number of likely N-dealkylation sites (tertiary alicyclic amines) is 1. The molecule has 142 valence electrons. The first kappa shape index (κ1) is 18.7. The zero-order chi connectivity index (χ0) is 18.4. The van der Waals surface area contributed by atoms with Gasteiger partial charge in [0.2, 0.25) is 5.91 Å². The van der Waals surface area contributed by atoms with Crippen LogP contribution >= 0.6 is 0 Å². The highest BCUT2D eigenvalue weighted by Crippen LogP contribution is 2.18. The molecule has 3 rings (SSSR count). The van der Waals surface area contributed by atoms with E-state index < -0.39 is 0 Å². The highest BCUT2D eigenvalue weighted by atomic mass is 16.2. The Bertz CT molecular complexity index is 600. The number of amides is 3. The van der Waals surface area contributed by atoms with Gasteiger partial charge in [-0.1, -0.05) is 49.1 Å². The fourth-order valence-electron chi connectivity index (χ4n) is 3.91. The summed E-state index contributed by atoms with van der Waals surface area (Å²) in [6, 6.07) is 8.68. The third kappa shape index (κ3) is 5.48. The highest BCUT2D eigenvalue weighted by molar-refractivity contribution is 5.79. The molecule has 1 heterocycles. The van der Waals surface area contributed by atoms with Crippen LogP contribution in [-0.2, 0) is 11.2 Å². The first-order chi connectivity index (χ1) is 12.6. The fourth-order valence-corrected chi connectivity index (χ4v) is 3.91. The normalized spacial score (nSPS) is 19.2. The Kier molecular flexibility index (Phi) is 6.53. The van der Waals surface area contributed by atoms with Gasteiger partial charge in [-0.05, 0) is 38.2 Å². The van der Waals surface area contributed by atoms with E-state index in [-0.39, 0.29) is 18.0 Å². The molecule has 1 saturated carbocycles. The van der Waals surface area contributed by atoms with Crippen LogP contribution in [0.25, 0.3) is 0 Å². The Balaban J connectivity index is 1.38. The molecule has 0 atom stereocenters. The van der Waals surface area contributed by atoms with Gasteiger partial charge in [-0.25, -0.2) is 4.79 Å². The number of aryl methyl sites for hydroxylation is 1. The number of carbonyl (C=O) groups is 2. The Morgan fingerprint density at radius 1 is 0.923 bits per heavy atom. The van der Waals surface area contributed by atoms with Gasteiger partial charge < -0.3 is 15.5 Å². The van der Waals surface area contributed by atoms with Crippen molar-refractivity contribution in [2.75, 3.05) is 13.1 Å². The van der Waals surface area contributed by atoms with Crippen LogP contribution in [0.4, 0.5) is 4.79 Å². The number of carbonyl (C=O) groups excluding carboxylic acids is 2. The van der Waals surface area contributed by atoms with E-state index in [1.54, 1.807) is 0 Å². The second-order valence-electron chi connectivity index (χ2n) is 7.78. The number of hydrogen-bond donors (Lipinski definition) is 2. The second kappa shape index (κ2) is 9.06.